The van der Waals surface area contributed by atoms with Crippen molar-refractivity contribution in [3.05, 3.63) is 0 Å². The summed E-state index contributed by atoms with van der Waals surface area (Å²) in [6, 6.07) is 0.645. The van der Waals surface area contributed by atoms with Gasteiger partial charge in [0.05, 0.1) is 0 Å². The van der Waals surface area contributed by atoms with Crippen molar-refractivity contribution in [3.63, 3.8) is 0 Å². The summed E-state index contributed by atoms with van der Waals surface area (Å²) in [4.78, 5) is 7.19. The fraction of sp³-hybridized carbons (Fsp3) is 0.933. The number of hydrogen-bond donors (Lipinski definition) is 1. The van der Waals surface area contributed by atoms with E-state index in [1.54, 1.807) is 0 Å². The van der Waals surface area contributed by atoms with E-state index in [0.29, 0.717) is 6.04 Å². The molecule has 1 atom stereocenters. The van der Waals surface area contributed by atoms with Crippen LogP contribution in [0.2, 0.25) is 0 Å². The number of aliphatic imine (C=N–C) groups is 1. The fourth-order valence-corrected chi connectivity index (χ4v) is 3.94. The molecule has 110 valence electrons. The maximum Gasteiger partial charge on any atom is 0.156 e. The molecule has 0 amide bonds. The van der Waals surface area contributed by atoms with Gasteiger partial charge in [0.1, 0.15) is 0 Å². The predicted molar refractivity (Wildman–Crippen MR) is 86.0 cm³/mol. The quantitative estimate of drug-likeness (QED) is 0.841. The third-order valence-corrected chi connectivity index (χ3v) is 5.23. The molecule has 2 heterocycles. The van der Waals surface area contributed by atoms with E-state index in [0.717, 1.165) is 18.4 Å². The number of nitrogens with zero attached hydrogens (tertiary/aromatic N) is 2. The maximum atomic E-state index is 4.75. The number of piperidine rings is 1. The van der Waals surface area contributed by atoms with Crippen molar-refractivity contribution in [1.82, 2.24) is 10.2 Å². The summed E-state index contributed by atoms with van der Waals surface area (Å²) >= 11 is 1.91. The normalized spacial score (nSPS) is 28.2. The van der Waals surface area contributed by atoms with Gasteiger partial charge in [-0.1, -0.05) is 25.6 Å². The highest BCUT2D eigenvalue weighted by Gasteiger charge is 2.21. The van der Waals surface area contributed by atoms with Crippen molar-refractivity contribution in [2.24, 2.45) is 16.8 Å². The largest absolute Gasteiger partial charge is 0.361 e. The summed E-state index contributed by atoms with van der Waals surface area (Å²) in [6.45, 7) is 8.14. The van der Waals surface area contributed by atoms with E-state index in [2.05, 4.69) is 31.1 Å². The molecule has 2 fully saturated rings. The van der Waals surface area contributed by atoms with Gasteiger partial charge >= 0.3 is 0 Å². The fourth-order valence-electron chi connectivity index (χ4n) is 2.92. The highest BCUT2D eigenvalue weighted by atomic mass is 32.2. The molecule has 0 aromatic carbocycles. The summed E-state index contributed by atoms with van der Waals surface area (Å²) in [5.41, 5.74) is 0. The Hall–Kier alpha value is -0.220. The van der Waals surface area contributed by atoms with Crippen LogP contribution >= 0.6 is 11.8 Å². The van der Waals surface area contributed by atoms with Crippen molar-refractivity contribution in [3.8, 4) is 0 Å². The van der Waals surface area contributed by atoms with E-state index in [-0.39, 0.29) is 0 Å². The van der Waals surface area contributed by atoms with Crippen LogP contribution in [0.15, 0.2) is 4.99 Å². The molecule has 1 unspecified atom stereocenters. The van der Waals surface area contributed by atoms with Crippen LogP contribution in [0.25, 0.3) is 0 Å². The molecule has 0 aromatic heterocycles. The Morgan fingerprint density at radius 2 is 2.11 bits per heavy atom. The number of nitrogens with one attached hydrogen (secondary N) is 1. The molecule has 2 saturated heterocycles. The van der Waals surface area contributed by atoms with Crippen LogP contribution in [0.4, 0.5) is 0 Å². The van der Waals surface area contributed by atoms with Crippen LogP contribution in [-0.2, 0) is 0 Å². The van der Waals surface area contributed by atoms with Crippen molar-refractivity contribution in [1.29, 1.82) is 0 Å². The number of likely N-dealkylation sites (tertiary alicyclic amines) is 1. The molecule has 2 aliphatic heterocycles. The van der Waals surface area contributed by atoms with Gasteiger partial charge in [-0.3, -0.25) is 4.99 Å². The minimum atomic E-state index is 0.645. The molecule has 1 N–H and O–H groups in total. The van der Waals surface area contributed by atoms with Gasteiger partial charge in [-0.2, -0.15) is 0 Å². The summed E-state index contributed by atoms with van der Waals surface area (Å²) in [6.07, 6.45) is 5.26. The van der Waals surface area contributed by atoms with Crippen molar-refractivity contribution in [2.45, 2.75) is 45.6 Å². The smallest absolute Gasteiger partial charge is 0.156 e. The van der Waals surface area contributed by atoms with Crippen LogP contribution in [0, 0.1) is 11.8 Å². The summed E-state index contributed by atoms with van der Waals surface area (Å²) in [7, 11) is 2.23. The van der Waals surface area contributed by atoms with Gasteiger partial charge in [-0.15, -0.1) is 0 Å². The minimum absolute atomic E-state index is 0.645. The predicted octanol–water partition coefficient (Wildman–Crippen LogP) is 2.83. The SMILES string of the molecule is CC(C)CC1CSC(=NCCC2CCN(C)CC2)N1. The molecule has 0 bridgehead atoms. The van der Waals surface area contributed by atoms with Crippen LogP contribution in [0.1, 0.15) is 39.5 Å². The van der Waals surface area contributed by atoms with E-state index < -0.39 is 0 Å². The van der Waals surface area contributed by atoms with Gasteiger partial charge in [-0.05, 0) is 57.7 Å². The zero-order chi connectivity index (χ0) is 13.7. The second-order valence-electron chi connectivity index (χ2n) is 6.50. The van der Waals surface area contributed by atoms with Gasteiger partial charge in [-0.25, -0.2) is 0 Å². The Balaban J connectivity index is 1.63. The van der Waals surface area contributed by atoms with Gasteiger partial charge in [0, 0.05) is 18.3 Å². The van der Waals surface area contributed by atoms with Crippen molar-refractivity contribution >= 4 is 16.9 Å². The molecule has 0 aromatic rings. The number of rotatable bonds is 5. The molecule has 0 aliphatic carbocycles. The lowest BCUT2D eigenvalue weighted by molar-refractivity contribution is 0.214. The topological polar surface area (TPSA) is 27.6 Å². The average molecular weight is 283 g/mol. The van der Waals surface area contributed by atoms with Crippen molar-refractivity contribution in [2.75, 3.05) is 32.4 Å². The lowest BCUT2D eigenvalue weighted by Gasteiger charge is -2.28. The summed E-state index contributed by atoms with van der Waals surface area (Å²) in [5, 5.41) is 4.76. The molecular formula is C15H29N3S. The summed E-state index contributed by atoms with van der Waals surface area (Å²) in [5.74, 6) is 2.88. The van der Waals surface area contributed by atoms with Crippen molar-refractivity contribution < 1.29 is 0 Å². The second-order valence-corrected chi connectivity index (χ2v) is 7.51. The van der Waals surface area contributed by atoms with E-state index in [9.17, 15) is 0 Å². The maximum absolute atomic E-state index is 4.75. The molecule has 19 heavy (non-hydrogen) atoms. The minimum Gasteiger partial charge on any atom is -0.361 e. The molecule has 0 saturated carbocycles. The molecule has 4 heteroatoms. The first kappa shape index (κ1) is 15.2. The van der Waals surface area contributed by atoms with Crippen LogP contribution in [0.5, 0.6) is 0 Å². The van der Waals surface area contributed by atoms with E-state index in [4.69, 9.17) is 4.99 Å². The zero-order valence-corrected chi connectivity index (χ0v) is 13.5. The average Bonchev–Trinajstić information content (AvgIpc) is 2.78. The Morgan fingerprint density at radius 1 is 1.37 bits per heavy atom. The molecule has 3 nitrogen and oxygen atoms in total. The van der Waals surface area contributed by atoms with Gasteiger partial charge < -0.3 is 10.2 Å². The van der Waals surface area contributed by atoms with Crippen LogP contribution in [0.3, 0.4) is 0 Å². The second kappa shape index (κ2) is 7.53. The van der Waals surface area contributed by atoms with Gasteiger partial charge in [0.2, 0.25) is 0 Å². The first-order valence-corrected chi connectivity index (χ1v) is 8.74. The van der Waals surface area contributed by atoms with E-state index >= 15 is 0 Å². The van der Waals surface area contributed by atoms with Crippen LogP contribution < -0.4 is 5.32 Å². The Labute approximate surface area is 122 Å². The Kier molecular flexibility index (Phi) is 6.02. The van der Waals surface area contributed by atoms with Gasteiger partial charge in [0.25, 0.3) is 0 Å². The third-order valence-electron chi connectivity index (χ3n) is 4.14. The van der Waals surface area contributed by atoms with Crippen LogP contribution in [-0.4, -0.2) is 48.5 Å². The lowest BCUT2D eigenvalue weighted by Crippen LogP contribution is -2.30. The lowest BCUT2D eigenvalue weighted by atomic mass is 9.94. The Bertz CT molecular complexity index is 296. The molecule has 2 aliphatic rings. The first-order chi connectivity index (χ1) is 9.13. The van der Waals surface area contributed by atoms with Gasteiger partial charge in [0.15, 0.2) is 5.17 Å². The molecule has 0 spiro atoms. The van der Waals surface area contributed by atoms with E-state index in [1.165, 1.54) is 49.7 Å². The number of hydrogen-bond acceptors (Lipinski definition) is 3. The standard InChI is InChI=1S/C15H29N3S/c1-12(2)10-14-11-19-15(17-14)16-7-4-13-5-8-18(3)9-6-13/h12-14H,4-11H2,1-3H3,(H,16,17). The number of amidine groups is 1. The highest BCUT2D eigenvalue weighted by molar-refractivity contribution is 8.14. The number of thioether (sulfide) groups is 1. The highest BCUT2D eigenvalue weighted by Crippen LogP contribution is 2.21. The summed E-state index contributed by atoms with van der Waals surface area (Å²) < 4.78 is 0. The molecule has 0 radical (unpaired) electrons. The Morgan fingerprint density at radius 3 is 2.79 bits per heavy atom. The zero-order valence-electron chi connectivity index (χ0n) is 12.7. The molecular weight excluding hydrogens is 254 g/mol. The first-order valence-electron chi connectivity index (χ1n) is 7.76. The molecule has 2 rings (SSSR count). The van der Waals surface area contributed by atoms with E-state index in [1.807, 2.05) is 11.8 Å². The third kappa shape index (κ3) is 5.35. The monoisotopic (exact) mass is 283 g/mol.